The van der Waals surface area contributed by atoms with E-state index in [1.54, 1.807) is 6.26 Å². The van der Waals surface area contributed by atoms with Crippen LogP contribution in [0.3, 0.4) is 0 Å². The van der Waals surface area contributed by atoms with Crippen LogP contribution < -0.4 is 5.73 Å². The minimum absolute atomic E-state index is 0.445. The van der Waals surface area contributed by atoms with E-state index in [0.717, 1.165) is 28.3 Å². The number of imidazole rings is 1. The largest absolute Gasteiger partial charge is 0.432 e. The van der Waals surface area contributed by atoms with E-state index in [2.05, 4.69) is 15.2 Å². The van der Waals surface area contributed by atoms with Gasteiger partial charge in [0, 0.05) is 12.7 Å². The SMILES string of the molecule is Cc1nnc(-c2c(C)nc3occn23)cc1CN. The molecule has 6 heteroatoms. The topological polar surface area (TPSA) is 82.2 Å². The Balaban J connectivity index is 2.25. The van der Waals surface area contributed by atoms with Crippen molar-refractivity contribution in [2.75, 3.05) is 0 Å². The Morgan fingerprint density at radius 1 is 1.28 bits per heavy atom. The highest BCUT2D eigenvalue weighted by Gasteiger charge is 2.15. The van der Waals surface area contributed by atoms with Crippen LogP contribution in [0.2, 0.25) is 0 Å². The Kier molecular flexibility index (Phi) is 2.38. The summed E-state index contributed by atoms with van der Waals surface area (Å²) in [7, 11) is 0. The van der Waals surface area contributed by atoms with Crippen LogP contribution in [-0.2, 0) is 6.54 Å². The number of hydrogen-bond acceptors (Lipinski definition) is 5. The second kappa shape index (κ2) is 3.92. The van der Waals surface area contributed by atoms with E-state index in [4.69, 9.17) is 10.2 Å². The van der Waals surface area contributed by atoms with Crippen LogP contribution in [0.4, 0.5) is 0 Å². The van der Waals surface area contributed by atoms with Crippen molar-refractivity contribution < 1.29 is 4.42 Å². The molecule has 0 aliphatic heterocycles. The third kappa shape index (κ3) is 1.50. The molecular formula is C12H13N5O. The first-order valence-corrected chi connectivity index (χ1v) is 5.66. The number of nitrogens with two attached hydrogens (primary N) is 1. The van der Waals surface area contributed by atoms with E-state index >= 15 is 0 Å². The van der Waals surface area contributed by atoms with Crippen LogP contribution >= 0.6 is 0 Å². The molecule has 0 radical (unpaired) electrons. The first-order chi connectivity index (χ1) is 8.70. The monoisotopic (exact) mass is 243 g/mol. The predicted octanol–water partition coefficient (Wildman–Crippen LogP) is 1.46. The van der Waals surface area contributed by atoms with E-state index < -0.39 is 0 Å². The summed E-state index contributed by atoms with van der Waals surface area (Å²) >= 11 is 0. The van der Waals surface area contributed by atoms with Gasteiger partial charge in [-0.15, -0.1) is 5.10 Å². The number of nitrogens with zero attached hydrogens (tertiary/aromatic N) is 4. The van der Waals surface area contributed by atoms with E-state index in [9.17, 15) is 0 Å². The van der Waals surface area contributed by atoms with Crippen molar-refractivity contribution in [1.82, 2.24) is 19.6 Å². The van der Waals surface area contributed by atoms with Crippen LogP contribution in [-0.4, -0.2) is 19.6 Å². The van der Waals surface area contributed by atoms with Gasteiger partial charge in [-0.1, -0.05) is 0 Å². The third-order valence-electron chi connectivity index (χ3n) is 2.98. The molecule has 0 aromatic carbocycles. The molecule has 18 heavy (non-hydrogen) atoms. The number of fused-ring (bicyclic) bond motifs is 1. The van der Waals surface area contributed by atoms with Crippen LogP contribution in [0.5, 0.6) is 0 Å². The standard InChI is InChI=1S/C12H13N5O/c1-7-9(6-13)5-10(16-15-7)11-8(2)14-12-17(11)3-4-18-12/h3-5H,6,13H2,1-2H3. The van der Waals surface area contributed by atoms with Gasteiger partial charge in [0.1, 0.15) is 12.0 Å². The third-order valence-corrected chi connectivity index (χ3v) is 2.98. The molecule has 3 aromatic rings. The highest BCUT2D eigenvalue weighted by molar-refractivity contribution is 5.62. The van der Waals surface area contributed by atoms with Gasteiger partial charge >= 0.3 is 5.84 Å². The lowest BCUT2D eigenvalue weighted by molar-refractivity contribution is 0.595. The number of rotatable bonds is 2. The van der Waals surface area contributed by atoms with E-state index in [1.807, 2.05) is 30.5 Å². The van der Waals surface area contributed by atoms with Crippen LogP contribution in [0.15, 0.2) is 22.9 Å². The Hall–Kier alpha value is -2.21. The zero-order chi connectivity index (χ0) is 12.7. The van der Waals surface area contributed by atoms with Crippen LogP contribution in [0.1, 0.15) is 17.0 Å². The van der Waals surface area contributed by atoms with E-state index in [0.29, 0.717) is 12.4 Å². The van der Waals surface area contributed by atoms with Gasteiger partial charge in [0.25, 0.3) is 0 Å². The molecule has 0 saturated carbocycles. The first kappa shape index (κ1) is 10.9. The summed E-state index contributed by atoms with van der Waals surface area (Å²) in [4.78, 5) is 4.32. The second-order valence-electron chi connectivity index (χ2n) is 4.15. The molecule has 92 valence electrons. The molecule has 0 amide bonds. The molecular weight excluding hydrogens is 230 g/mol. The van der Waals surface area contributed by atoms with Crippen molar-refractivity contribution in [3.05, 3.63) is 35.5 Å². The number of aromatic nitrogens is 4. The molecule has 2 N–H and O–H groups in total. The highest BCUT2D eigenvalue weighted by atomic mass is 16.3. The summed E-state index contributed by atoms with van der Waals surface area (Å²) in [5, 5.41) is 8.35. The summed E-state index contributed by atoms with van der Waals surface area (Å²) in [6.45, 7) is 4.26. The average Bonchev–Trinajstić information content (AvgIpc) is 2.90. The molecule has 3 heterocycles. The first-order valence-electron chi connectivity index (χ1n) is 5.66. The fourth-order valence-electron chi connectivity index (χ4n) is 2.02. The fourth-order valence-corrected chi connectivity index (χ4v) is 2.02. The van der Waals surface area contributed by atoms with Crippen molar-refractivity contribution in [1.29, 1.82) is 0 Å². The van der Waals surface area contributed by atoms with Gasteiger partial charge in [0.2, 0.25) is 0 Å². The molecule has 0 spiro atoms. The van der Waals surface area contributed by atoms with Gasteiger partial charge in [0.15, 0.2) is 0 Å². The Morgan fingerprint density at radius 3 is 2.89 bits per heavy atom. The van der Waals surface area contributed by atoms with Gasteiger partial charge in [-0.05, 0) is 25.5 Å². The molecule has 0 aliphatic carbocycles. The number of aryl methyl sites for hydroxylation is 2. The van der Waals surface area contributed by atoms with Gasteiger partial charge in [-0.2, -0.15) is 10.1 Å². The lowest BCUT2D eigenvalue weighted by Crippen LogP contribution is -2.04. The van der Waals surface area contributed by atoms with Crippen molar-refractivity contribution >= 4 is 5.84 Å². The molecule has 0 saturated heterocycles. The maximum absolute atomic E-state index is 5.69. The number of hydrogen-bond donors (Lipinski definition) is 1. The average molecular weight is 243 g/mol. The molecule has 3 rings (SSSR count). The van der Waals surface area contributed by atoms with Crippen molar-refractivity contribution in [3.63, 3.8) is 0 Å². The number of oxazole rings is 1. The maximum Gasteiger partial charge on any atom is 0.306 e. The smallest absolute Gasteiger partial charge is 0.306 e. The van der Waals surface area contributed by atoms with Crippen LogP contribution in [0, 0.1) is 13.8 Å². The maximum atomic E-state index is 5.69. The van der Waals surface area contributed by atoms with Crippen molar-refractivity contribution in [2.24, 2.45) is 5.73 Å². The summed E-state index contributed by atoms with van der Waals surface area (Å²) < 4.78 is 7.12. The lowest BCUT2D eigenvalue weighted by atomic mass is 10.1. The molecule has 0 fully saturated rings. The van der Waals surface area contributed by atoms with Crippen molar-refractivity contribution in [3.8, 4) is 11.4 Å². The summed E-state index contributed by atoms with van der Waals surface area (Å²) in [5.41, 5.74) is 10.0. The second-order valence-corrected chi connectivity index (χ2v) is 4.15. The Bertz CT molecular complexity index is 712. The summed E-state index contributed by atoms with van der Waals surface area (Å²) in [5.74, 6) is 0.555. The Labute approximate surface area is 103 Å². The minimum atomic E-state index is 0.445. The van der Waals surface area contributed by atoms with Gasteiger partial charge in [-0.25, -0.2) is 0 Å². The highest BCUT2D eigenvalue weighted by Crippen LogP contribution is 2.24. The lowest BCUT2D eigenvalue weighted by Gasteiger charge is -2.04. The fraction of sp³-hybridized carbons (Fsp3) is 0.250. The van der Waals surface area contributed by atoms with Gasteiger partial charge in [-0.3, -0.25) is 4.40 Å². The normalized spacial score (nSPS) is 11.3. The van der Waals surface area contributed by atoms with E-state index in [-0.39, 0.29) is 0 Å². The molecule has 0 unspecified atom stereocenters. The quantitative estimate of drug-likeness (QED) is 0.736. The van der Waals surface area contributed by atoms with E-state index in [1.165, 1.54) is 0 Å². The molecule has 3 aromatic heterocycles. The van der Waals surface area contributed by atoms with Crippen molar-refractivity contribution in [2.45, 2.75) is 20.4 Å². The Morgan fingerprint density at radius 2 is 2.11 bits per heavy atom. The van der Waals surface area contributed by atoms with Gasteiger partial charge in [0.05, 0.1) is 17.1 Å². The molecule has 0 bridgehead atoms. The summed E-state index contributed by atoms with van der Waals surface area (Å²) in [6, 6.07) is 1.95. The summed E-state index contributed by atoms with van der Waals surface area (Å²) in [6.07, 6.45) is 3.41. The molecule has 6 nitrogen and oxygen atoms in total. The zero-order valence-electron chi connectivity index (χ0n) is 10.2. The van der Waals surface area contributed by atoms with Crippen LogP contribution in [0.25, 0.3) is 17.2 Å². The van der Waals surface area contributed by atoms with Gasteiger partial charge < -0.3 is 10.2 Å². The molecule has 0 atom stereocenters. The minimum Gasteiger partial charge on any atom is -0.432 e. The predicted molar refractivity (Wildman–Crippen MR) is 65.8 cm³/mol. The molecule has 0 aliphatic rings. The zero-order valence-corrected chi connectivity index (χ0v) is 10.2.